The van der Waals surface area contributed by atoms with Crippen LogP contribution in [0.3, 0.4) is 0 Å². The van der Waals surface area contributed by atoms with Gasteiger partial charge < -0.3 is 30.5 Å². The lowest BCUT2D eigenvalue weighted by Gasteiger charge is -2.37. The second-order valence-electron chi connectivity index (χ2n) is 11.3. The summed E-state index contributed by atoms with van der Waals surface area (Å²) in [5, 5.41) is 19.1. The Bertz CT molecular complexity index is 1360. The molecule has 3 aromatic carbocycles. The van der Waals surface area contributed by atoms with Crippen molar-refractivity contribution >= 4 is 17.6 Å². The van der Waals surface area contributed by atoms with Crippen LogP contribution in [0, 0.1) is 0 Å². The summed E-state index contributed by atoms with van der Waals surface area (Å²) in [4.78, 5) is 25.4. The molecule has 2 fully saturated rings. The van der Waals surface area contributed by atoms with E-state index >= 15 is 0 Å². The van der Waals surface area contributed by atoms with Crippen molar-refractivity contribution in [3.8, 4) is 16.9 Å². The molecule has 1 saturated heterocycles. The van der Waals surface area contributed by atoms with E-state index in [1.165, 1.54) is 0 Å². The third kappa shape index (κ3) is 6.39. The number of hydrogen-bond acceptors (Lipinski definition) is 5. The van der Waals surface area contributed by atoms with Crippen molar-refractivity contribution < 1.29 is 24.2 Å². The molecule has 4 atom stereocenters. The molecule has 0 radical (unpaired) electrons. The first-order chi connectivity index (χ1) is 20.1. The number of hydrogen-bond donors (Lipinski definition) is 4. The van der Waals surface area contributed by atoms with Crippen LogP contribution in [0.1, 0.15) is 55.6 Å². The van der Waals surface area contributed by atoms with Crippen LogP contribution >= 0.6 is 0 Å². The van der Waals surface area contributed by atoms with Gasteiger partial charge in [-0.05, 0) is 54.2 Å². The number of urea groups is 1. The van der Waals surface area contributed by atoms with Crippen molar-refractivity contribution in [1.29, 1.82) is 0 Å². The van der Waals surface area contributed by atoms with Gasteiger partial charge in [-0.25, -0.2) is 4.79 Å². The number of carbonyl (C=O) groups is 2. The maximum absolute atomic E-state index is 12.9. The van der Waals surface area contributed by atoms with Gasteiger partial charge in [0.25, 0.3) is 0 Å². The third-order valence-corrected chi connectivity index (χ3v) is 8.41. The smallest absolute Gasteiger partial charge is 0.319 e. The largest absolute Gasteiger partial charge is 0.487 e. The van der Waals surface area contributed by atoms with Crippen molar-refractivity contribution in [2.45, 2.75) is 75.3 Å². The van der Waals surface area contributed by atoms with Crippen LogP contribution in [0.5, 0.6) is 5.75 Å². The minimum atomic E-state index is -0.536. The van der Waals surface area contributed by atoms with Gasteiger partial charge in [0.2, 0.25) is 5.91 Å². The summed E-state index contributed by atoms with van der Waals surface area (Å²) < 4.78 is 12.3. The Labute approximate surface area is 240 Å². The van der Waals surface area contributed by atoms with Gasteiger partial charge in [-0.3, -0.25) is 4.79 Å². The fraction of sp³-hybridized carbons (Fsp3) is 0.394. The van der Waals surface area contributed by atoms with Crippen LogP contribution in [0.15, 0.2) is 72.8 Å². The Kier molecular flexibility index (Phi) is 8.21. The van der Waals surface area contributed by atoms with E-state index in [0.717, 1.165) is 53.7 Å². The summed E-state index contributed by atoms with van der Waals surface area (Å²) in [5.74, 6) is 0.585. The van der Waals surface area contributed by atoms with E-state index in [9.17, 15) is 14.7 Å². The Morgan fingerprint density at radius 2 is 1.68 bits per heavy atom. The lowest BCUT2D eigenvalue weighted by Crippen LogP contribution is -2.47. The van der Waals surface area contributed by atoms with Crippen molar-refractivity contribution in [3.05, 3.63) is 83.9 Å². The predicted molar refractivity (Wildman–Crippen MR) is 157 cm³/mol. The van der Waals surface area contributed by atoms with Gasteiger partial charge in [-0.1, -0.05) is 67.4 Å². The predicted octanol–water partition coefficient (Wildman–Crippen LogP) is 5.12. The Hall–Kier alpha value is -3.88. The number of ether oxygens (including phenoxy) is 2. The van der Waals surface area contributed by atoms with E-state index in [1.807, 2.05) is 48.5 Å². The molecule has 8 heteroatoms. The molecule has 3 amide bonds. The summed E-state index contributed by atoms with van der Waals surface area (Å²) in [6.45, 7) is 0.232. The maximum Gasteiger partial charge on any atom is 0.319 e. The molecular formula is C33H37N3O5. The van der Waals surface area contributed by atoms with Crippen LogP contribution < -0.4 is 20.7 Å². The summed E-state index contributed by atoms with van der Waals surface area (Å²) in [6, 6.07) is 24.0. The highest BCUT2D eigenvalue weighted by Crippen LogP contribution is 2.47. The molecule has 0 aromatic heterocycles. The average molecular weight is 556 g/mol. The van der Waals surface area contributed by atoms with Gasteiger partial charge >= 0.3 is 6.03 Å². The van der Waals surface area contributed by atoms with E-state index < -0.39 is 6.10 Å². The normalized spacial score (nSPS) is 23.2. The van der Waals surface area contributed by atoms with E-state index in [4.69, 9.17) is 9.47 Å². The number of anilines is 1. The van der Waals surface area contributed by atoms with Gasteiger partial charge in [-0.2, -0.15) is 0 Å². The number of aliphatic hydroxyl groups excluding tert-OH is 1. The number of rotatable bonds is 8. The molecule has 2 heterocycles. The fourth-order valence-electron chi connectivity index (χ4n) is 6.31. The summed E-state index contributed by atoms with van der Waals surface area (Å²) in [5.41, 5.74) is 4.98. The lowest BCUT2D eigenvalue weighted by molar-refractivity contribution is -0.142. The number of benzene rings is 3. The van der Waals surface area contributed by atoms with Gasteiger partial charge in [0.05, 0.1) is 19.1 Å². The SMILES string of the molecule is O=C(C[C@H]1C[C@@H]2c3cc(NC(=O)NC4CCCC4)ccc3O[C@@H]2[C@H](CO)O1)NCc1ccc(-c2ccccc2)cc1. The molecule has 1 aliphatic carbocycles. The molecule has 41 heavy (non-hydrogen) atoms. The van der Waals surface area contributed by atoms with Crippen molar-refractivity contribution in [3.63, 3.8) is 0 Å². The second kappa shape index (κ2) is 12.3. The molecule has 6 rings (SSSR count). The summed E-state index contributed by atoms with van der Waals surface area (Å²) >= 11 is 0. The minimum Gasteiger partial charge on any atom is -0.487 e. The zero-order chi connectivity index (χ0) is 28.2. The molecule has 0 bridgehead atoms. The standard InChI is InChI=1S/C33H37N3O5/c37-20-30-32-28(27-16-25(14-15-29(27)41-32)36-33(39)35-24-8-4-5-9-24)17-26(40-30)18-31(38)34-19-21-10-12-23(13-11-21)22-6-2-1-3-7-22/h1-3,6-7,10-16,24,26,28,30,32,37H,4-5,8-9,17-20H2,(H,34,38)(H2,35,36,39)/t26-,28-,30+,32+/m1/s1. The van der Waals surface area contributed by atoms with Crippen LogP contribution in [-0.2, 0) is 16.1 Å². The monoisotopic (exact) mass is 555 g/mol. The molecule has 0 spiro atoms. The molecule has 3 aromatic rings. The quantitative estimate of drug-likeness (QED) is 0.309. The van der Waals surface area contributed by atoms with E-state index in [-0.39, 0.29) is 49.1 Å². The highest BCUT2D eigenvalue weighted by atomic mass is 16.6. The van der Waals surface area contributed by atoms with Gasteiger partial charge in [-0.15, -0.1) is 0 Å². The zero-order valence-corrected chi connectivity index (χ0v) is 23.1. The molecule has 0 unspecified atom stereocenters. The lowest BCUT2D eigenvalue weighted by atomic mass is 9.84. The first-order valence-electron chi connectivity index (χ1n) is 14.6. The molecule has 3 aliphatic rings. The Balaban J connectivity index is 1.05. The van der Waals surface area contributed by atoms with E-state index in [0.29, 0.717) is 18.7 Å². The summed E-state index contributed by atoms with van der Waals surface area (Å²) in [7, 11) is 0. The topological polar surface area (TPSA) is 109 Å². The number of fused-ring (bicyclic) bond motifs is 3. The van der Waals surface area contributed by atoms with Gasteiger partial charge in [0.15, 0.2) is 0 Å². The van der Waals surface area contributed by atoms with Crippen molar-refractivity contribution in [1.82, 2.24) is 10.6 Å². The second-order valence-corrected chi connectivity index (χ2v) is 11.3. The number of nitrogens with one attached hydrogen (secondary N) is 3. The molecule has 1 saturated carbocycles. The highest BCUT2D eigenvalue weighted by Gasteiger charge is 2.46. The Morgan fingerprint density at radius 1 is 0.927 bits per heavy atom. The zero-order valence-electron chi connectivity index (χ0n) is 23.1. The van der Waals surface area contributed by atoms with E-state index in [1.54, 1.807) is 0 Å². The molecule has 214 valence electrons. The first-order valence-corrected chi connectivity index (χ1v) is 14.6. The van der Waals surface area contributed by atoms with Gasteiger partial charge in [0.1, 0.15) is 18.0 Å². The Morgan fingerprint density at radius 3 is 2.44 bits per heavy atom. The molecule has 2 aliphatic heterocycles. The van der Waals surface area contributed by atoms with Crippen molar-refractivity contribution in [2.75, 3.05) is 11.9 Å². The number of carbonyl (C=O) groups excluding carboxylic acids is 2. The van der Waals surface area contributed by atoms with Crippen molar-refractivity contribution in [2.24, 2.45) is 0 Å². The summed E-state index contributed by atoms with van der Waals surface area (Å²) in [6.07, 6.45) is 3.90. The van der Waals surface area contributed by atoms with Crippen LogP contribution in [-0.4, -0.2) is 48.0 Å². The number of amides is 3. The molecular weight excluding hydrogens is 518 g/mol. The van der Waals surface area contributed by atoms with Gasteiger partial charge in [0, 0.05) is 29.8 Å². The highest BCUT2D eigenvalue weighted by molar-refractivity contribution is 5.89. The van der Waals surface area contributed by atoms with E-state index in [2.05, 4.69) is 40.2 Å². The fourth-order valence-corrected chi connectivity index (χ4v) is 6.31. The molecule has 8 nitrogen and oxygen atoms in total. The van der Waals surface area contributed by atoms with Crippen LogP contribution in [0.2, 0.25) is 0 Å². The third-order valence-electron chi connectivity index (χ3n) is 8.41. The van der Waals surface area contributed by atoms with Crippen LogP contribution in [0.25, 0.3) is 11.1 Å². The minimum absolute atomic E-state index is 0.0427. The van der Waals surface area contributed by atoms with Crippen LogP contribution in [0.4, 0.5) is 10.5 Å². The first kappa shape index (κ1) is 27.3. The number of aliphatic hydroxyl groups is 1. The molecule has 4 N–H and O–H groups in total. The average Bonchev–Trinajstić information content (AvgIpc) is 3.64. The maximum atomic E-state index is 12.9.